The molecule has 156 valence electrons. The summed E-state index contributed by atoms with van der Waals surface area (Å²) in [4.78, 5) is 29.6. The van der Waals surface area contributed by atoms with Gasteiger partial charge >= 0.3 is 5.97 Å². The predicted molar refractivity (Wildman–Crippen MR) is 121 cm³/mol. The SMILES string of the molecule is Cc1cccnc1-c1cc(Nc2ccccc2)c2c(C(C)(C)C)nc(C(=O)O)nc2n1. The molecular formula is C24H23N5O2. The second-order valence-electron chi connectivity index (χ2n) is 8.36. The number of rotatable bonds is 4. The molecule has 7 heteroatoms. The first-order chi connectivity index (χ1) is 14.7. The van der Waals surface area contributed by atoms with Gasteiger partial charge in [0, 0.05) is 17.3 Å². The summed E-state index contributed by atoms with van der Waals surface area (Å²) in [5.41, 5.74) is 4.43. The molecule has 31 heavy (non-hydrogen) atoms. The van der Waals surface area contributed by atoms with E-state index < -0.39 is 11.4 Å². The van der Waals surface area contributed by atoms with Crippen molar-refractivity contribution in [2.45, 2.75) is 33.1 Å². The van der Waals surface area contributed by atoms with Crippen molar-refractivity contribution in [3.63, 3.8) is 0 Å². The number of aryl methyl sites for hydroxylation is 1. The lowest BCUT2D eigenvalue weighted by Crippen LogP contribution is -2.19. The van der Waals surface area contributed by atoms with E-state index in [0.717, 1.165) is 16.9 Å². The summed E-state index contributed by atoms with van der Waals surface area (Å²) < 4.78 is 0. The summed E-state index contributed by atoms with van der Waals surface area (Å²) in [6, 6.07) is 15.5. The second-order valence-corrected chi connectivity index (χ2v) is 8.36. The average molecular weight is 413 g/mol. The Kier molecular flexibility index (Phi) is 5.10. The van der Waals surface area contributed by atoms with Gasteiger partial charge in [-0.05, 0) is 36.8 Å². The zero-order valence-electron chi connectivity index (χ0n) is 17.8. The van der Waals surface area contributed by atoms with Gasteiger partial charge in [0.25, 0.3) is 0 Å². The number of carboxylic acid groups (broad SMARTS) is 1. The van der Waals surface area contributed by atoms with E-state index in [4.69, 9.17) is 4.98 Å². The zero-order chi connectivity index (χ0) is 22.2. The van der Waals surface area contributed by atoms with Gasteiger partial charge in [-0.15, -0.1) is 0 Å². The van der Waals surface area contributed by atoms with Crippen LogP contribution < -0.4 is 5.32 Å². The maximum Gasteiger partial charge on any atom is 0.374 e. The van der Waals surface area contributed by atoms with Crippen molar-refractivity contribution < 1.29 is 9.90 Å². The van der Waals surface area contributed by atoms with Gasteiger partial charge in [0.15, 0.2) is 5.65 Å². The third-order valence-corrected chi connectivity index (χ3v) is 4.87. The number of benzene rings is 1. The van der Waals surface area contributed by atoms with Crippen LogP contribution in [-0.4, -0.2) is 31.0 Å². The highest BCUT2D eigenvalue weighted by atomic mass is 16.4. The van der Waals surface area contributed by atoms with Gasteiger partial charge in [-0.25, -0.2) is 19.7 Å². The van der Waals surface area contributed by atoms with Gasteiger partial charge in [0.2, 0.25) is 5.82 Å². The average Bonchev–Trinajstić information content (AvgIpc) is 2.73. The molecule has 3 heterocycles. The first kappa shape index (κ1) is 20.4. The lowest BCUT2D eigenvalue weighted by atomic mass is 9.89. The molecular weight excluding hydrogens is 390 g/mol. The van der Waals surface area contributed by atoms with Crippen molar-refractivity contribution in [1.82, 2.24) is 19.9 Å². The summed E-state index contributed by atoms with van der Waals surface area (Å²) in [7, 11) is 0. The standard InChI is InChI=1S/C24H23N5O2/c1-14-9-8-12-25-19(14)17-13-16(26-15-10-6-5-7-11-15)18-20(24(2,3)4)28-22(23(30)31)29-21(18)27-17/h5-13H,1-4H3,(H,30,31)(H,26,27,28,29). The Morgan fingerprint density at radius 3 is 2.39 bits per heavy atom. The molecule has 0 saturated heterocycles. The molecule has 1 aromatic carbocycles. The maximum absolute atomic E-state index is 11.7. The van der Waals surface area contributed by atoms with Gasteiger partial charge < -0.3 is 10.4 Å². The highest BCUT2D eigenvalue weighted by Gasteiger charge is 2.26. The molecule has 4 aromatic rings. The Labute approximate surface area is 180 Å². The van der Waals surface area contributed by atoms with E-state index in [1.54, 1.807) is 6.20 Å². The lowest BCUT2D eigenvalue weighted by Gasteiger charge is -2.22. The first-order valence-corrected chi connectivity index (χ1v) is 9.94. The van der Waals surface area contributed by atoms with Gasteiger partial charge in [-0.1, -0.05) is 45.0 Å². The van der Waals surface area contributed by atoms with Crippen LogP contribution in [0.2, 0.25) is 0 Å². The molecule has 0 amide bonds. The molecule has 0 aliphatic rings. The number of anilines is 2. The van der Waals surface area contributed by atoms with Crippen molar-refractivity contribution in [2.24, 2.45) is 0 Å². The van der Waals surface area contributed by atoms with E-state index in [1.165, 1.54) is 0 Å². The minimum absolute atomic E-state index is 0.273. The Morgan fingerprint density at radius 2 is 1.74 bits per heavy atom. The molecule has 0 fully saturated rings. The highest BCUT2D eigenvalue weighted by molar-refractivity contribution is 5.97. The van der Waals surface area contributed by atoms with Gasteiger partial charge in [0.05, 0.1) is 28.2 Å². The Balaban J connectivity index is 2.07. The Morgan fingerprint density at radius 1 is 1.00 bits per heavy atom. The minimum Gasteiger partial charge on any atom is -0.475 e. The number of hydrogen-bond donors (Lipinski definition) is 2. The fourth-order valence-corrected chi connectivity index (χ4v) is 3.42. The number of para-hydroxylation sites is 1. The number of nitrogens with zero attached hydrogens (tertiary/aromatic N) is 4. The molecule has 0 atom stereocenters. The predicted octanol–water partition coefficient (Wildman–Crippen LogP) is 5.13. The molecule has 2 N–H and O–H groups in total. The van der Waals surface area contributed by atoms with Crippen LogP contribution in [0.1, 0.15) is 42.6 Å². The number of aromatic carboxylic acids is 1. The van der Waals surface area contributed by atoms with E-state index in [1.807, 2.05) is 76.2 Å². The Bertz CT molecular complexity index is 1280. The normalized spacial score (nSPS) is 11.5. The molecule has 7 nitrogen and oxygen atoms in total. The van der Waals surface area contributed by atoms with Crippen LogP contribution in [-0.2, 0) is 5.41 Å². The number of carboxylic acids is 1. The second kappa shape index (κ2) is 7.75. The van der Waals surface area contributed by atoms with E-state index in [-0.39, 0.29) is 5.82 Å². The molecule has 0 saturated carbocycles. The van der Waals surface area contributed by atoms with Crippen molar-refractivity contribution in [2.75, 3.05) is 5.32 Å². The number of pyridine rings is 2. The van der Waals surface area contributed by atoms with Crippen molar-refractivity contribution in [3.05, 3.63) is 71.8 Å². The third-order valence-electron chi connectivity index (χ3n) is 4.87. The van der Waals surface area contributed by atoms with Crippen LogP contribution in [0.3, 0.4) is 0 Å². The van der Waals surface area contributed by atoms with E-state index in [2.05, 4.69) is 20.3 Å². The van der Waals surface area contributed by atoms with Crippen LogP contribution in [0.25, 0.3) is 22.4 Å². The highest BCUT2D eigenvalue weighted by Crippen LogP contribution is 2.36. The summed E-state index contributed by atoms with van der Waals surface area (Å²) in [5.74, 6) is -1.46. The quantitative estimate of drug-likeness (QED) is 0.478. The molecule has 0 aliphatic carbocycles. The first-order valence-electron chi connectivity index (χ1n) is 9.94. The topological polar surface area (TPSA) is 101 Å². The molecule has 0 radical (unpaired) electrons. The summed E-state index contributed by atoms with van der Waals surface area (Å²) in [5, 5.41) is 13.7. The summed E-state index contributed by atoms with van der Waals surface area (Å²) in [6.07, 6.45) is 1.71. The molecule has 0 unspecified atom stereocenters. The van der Waals surface area contributed by atoms with Crippen molar-refractivity contribution >= 4 is 28.4 Å². The molecule has 0 aliphatic heterocycles. The smallest absolute Gasteiger partial charge is 0.374 e. The number of hydrogen-bond acceptors (Lipinski definition) is 6. The summed E-state index contributed by atoms with van der Waals surface area (Å²) in [6.45, 7) is 7.93. The molecule has 4 rings (SSSR count). The van der Waals surface area contributed by atoms with Crippen LogP contribution in [0.15, 0.2) is 54.7 Å². The van der Waals surface area contributed by atoms with Gasteiger partial charge in [0.1, 0.15) is 0 Å². The van der Waals surface area contributed by atoms with Crippen molar-refractivity contribution in [3.8, 4) is 11.4 Å². The van der Waals surface area contributed by atoms with E-state index in [0.29, 0.717) is 28.1 Å². The maximum atomic E-state index is 11.7. The number of carbonyl (C=O) groups is 1. The van der Waals surface area contributed by atoms with Gasteiger partial charge in [-0.3, -0.25) is 4.98 Å². The van der Waals surface area contributed by atoms with Crippen LogP contribution in [0.4, 0.5) is 11.4 Å². The molecule has 3 aromatic heterocycles. The largest absolute Gasteiger partial charge is 0.475 e. The van der Waals surface area contributed by atoms with E-state index in [9.17, 15) is 9.90 Å². The van der Waals surface area contributed by atoms with Crippen LogP contribution in [0, 0.1) is 6.92 Å². The summed E-state index contributed by atoms with van der Waals surface area (Å²) >= 11 is 0. The minimum atomic E-state index is -1.19. The number of nitrogens with one attached hydrogen (secondary N) is 1. The van der Waals surface area contributed by atoms with E-state index >= 15 is 0 Å². The monoisotopic (exact) mass is 413 g/mol. The lowest BCUT2D eigenvalue weighted by molar-refractivity contribution is 0.0683. The molecule has 0 spiro atoms. The zero-order valence-corrected chi connectivity index (χ0v) is 17.8. The number of aromatic nitrogens is 4. The molecule has 0 bridgehead atoms. The van der Waals surface area contributed by atoms with Gasteiger partial charge in [-0.2, -0.15) is 0 Å². The Hall–Kier alpha value is -3.87. The fraction of sp³-hybridized carbons (Fsp3) is 0.208. The van der Waals surface area contributed by atoms with Crippen LogP contribution >= 0.6 is 0 Å². The third kappa shape index (κ3) is 4.07. The fourth-order valence-electron chi connectivity index (χ4n) is 3.42. The van der Waals surface area contributed by atoms with Crippen molar-refractivity contribution in [1.29, 1.82) is 0 Å². The number of fused-ring (bicyclic) bond motifs is 1. The van der Waals surface area contributed by atoms with Crippen LogP contribution in [0.5, 0.6) is 0 Å².